The average Bonchev–Trinajstić information content (AvgIpc) is 3.77. The number of amidine groups is 1. The molecule has 180 valence electrons. The number of carbonyl (C=O) groups excluding carboxylic acids is 1. The molecule has 1 atom stereocenters. The highest BCUT2D eigenvalue weighted by Gasteiger charge is 2.33. The molecule has 2 aliphatic carbocycles. The summed E-state index contributed by atoms with van der Waals surface area (Å²) >= 11 is 0. The third-order valence-corrected chi connectivity index (χ3v) is 5.65. The van der Waals surface area contributed by atoms with Gasteiger partial charge >= 0.3 is 0 Å². The van der Waals surface area contributed by atoms with Crippen LogP contribution in [0, 0.1) is 5.92 Å². The molecule has 34 heavy (non-hydrogen) atoms. The van der Waals surface area contributed by atoms with E-state index in [4.69, 9.17) is 15.2 Å². The molecule has 2 saturated carbocycles. The van der Waals surface area contributed by atoms with Crippen LogP contribution >= 0.6 is 0 Å². The molecule has 0 saturated heterocycles. The zero-order valence-electron chi connectivity index (χ0n) is 19.8. The molecule has 2 fully saturated rings. The first kappa shape index (κ1) is 23.7. The van der Waals surface area contributed by atoms with Crippen LogP contribution in [0.3, 0.4) is 0 Å². The van der Waals surface area contributed by atoms with Gasteiger partial charge in [0.25, 0.3) is 11.9 Å². The first-order valence-electron chi connectivity index (χ1n) is 11.9. The fourth-order valence-corrected chi connectivity index (χ4v) is 3.50. The molecule has 9 nitrogen and oxygen atoms in total. The van der Waals surface area contributed by atoms with E-state index in [1.54, 1.807) is 35.5 Å². The highest BCUT2D eigenvalue weighted by Crippen LogP contribution is 2.33. The molecular formula is C25H32N6O3. The summed E-state index contributed by atoms with van der Waals surface area (Å²) in [5.74, 6) is 2.26. The van der Waals surface area contributed by atoms with E-state index < -0.39 is 6.04 Å². The molecular weight excluding hydrogens is 432 g/mol. The lowest BCUT2D eigenvalue weighted by Gasteiger charge is -2.29. The number of nitrogens with zero attached hydrogens (tertiary/aromatic N) is 5. The number of carbonyl (C=O) groups is 1. The molecule has 0 spiro atoms. The smallest absolute Gasteiger partial charge is 0.254 e. The summed E-state index contributed by atoms with van der Waals surface area (Å²) in [5, 5.41) is 0. The van der Waals surface area contributed by atoms with Crippen molar-refractivity contribution in [2.24, 2.45) is 21.6 Å². The average molecular weight is 465 g/mol. The molecule has 4 rings (SSSR count). The van der Waals surface area contributed by atoms with E-state index in [0.29, 0.717) is 42.0 Å². The number of aromatic nitrogens is 2. The van der Waals surface area contributed by atoms with Crippen LogP contribution in [0.5, 0.6) is 11.5 Å². The minimum absolute atomic E-state index is 0.129. The summed E-state index contributed by atoms with van der Waals surface area (Å²) in [6.45, 7) is 5.12. The molecule has 1 amide bonds. The minimum atomic E-state index is -0.440. The summed E-state index contributed by atoms with van der Waals surface area (Å²) in [5.41, 5.74) is 6.13. The van der Waals surface area contributed by atoms with Gasteiger partial charge in [-0.1, -0.05) is 6.92 Å². The summed E-state index contributed by atoms with van der Waals surface area (Å²) in [4.78, 5) is 32.7. The lowest BCUT2D eigenvalue weighted by molar-refractivity contribution is 0.0724. The summed E-state index contributed by atoms with van der Waals surface area (Å²) < 4.78 is 11.9. The molecule has 0 bridgehead atoms. The molecule has 2 aromatic rings. The van der Waals surface area contributed by atoms with Crippen LogP contribution < -0.4 is 15.2 Å². The van der Waals surface area contributed by atoms with Crippen molar-refractivity contribution in [3.05, 3.63) is 42.2 Å². The van der Waals surface area contributed by atoms with Crippen LogP contribution in [-0.2, 0) is 0 Å². The van der Waals surface area contributed by atoms with Crippen molar-refractivity contribution < 1.29 is 14.3 Å². The van der Waals surface area contributed by atoms with Gasteiger partial charge in [-0.2, -0.15) is 4.99 Å². The van der Waals surface area contributed by atoms with Crippen LogP contribution in [0.4, 0.5) is 5.95 Å². The van der Waals surface area contributed by atoms with Crippen molar-refractivity contribution in [1.29, 1.82) is 0 Å². The van der Waals surface area contributed by atoms with Crippen molar-refractivity contribution in [2.45, 2.75) is 58.1 Å². The lowest BCUT2D eigenvalue weighted by Crippen LogP contribution is -2.44. The topological polar surface area (TPSA) is 115 Å². The van der Waals surface area contributed by atoms with Crippen molar-refractivity contribution in [2.75, 3.05) is 13.2 Å². The molecule has 1 heterocycles. The molecule has 1 aromatic heterocycles. The Labute approximate surface area is 200 Å². The molecule has 9 heteroatoms. The summed E-state index contributed by atoms with van der Waals surface area (Å²) in [7, 11) is 0. The number of amides is 1. The number of nitrogens with two attached hydrogens (primary N) is 1. The van der Waals surface area contributed by atoms with Gasteiger partial charge in [0.2, 0.25) is 0 Å². The Bertz CT molecular complexity index is 1030. The van der Waals surface area contributed by atoms with Crippen LogP contribution in [0.15, 0.2) is 46.6 Å². The first-order valence-corrected chi connectivity index (χ1v) is 11.9. The zero-order valence-corrected chi connectivity index (χ0v) is 19.8. The van der Waals surface area contributed by atoms with Gasteiger partial charge in [-0.25, -0.2) is 15.0 Å². The quantitative estimate of drug-likeness (QED) is 0.400. The Kier molecular flexibility index (Phi) is 7.72. The first-order chi connectivity index (χ1) is 16.6. The summed E-state index contributed by atoms with van der Waals surface area (Å²) in [6, 6.07) is 6.72. The Morgan fingerprint density at radius 1 is 1.21 bits per heavy atom. The number of aliphatic imine (C=N–C) groups is 2. The maximum atomic E-state index is 13.8. The lowest BCUT2D eigenvalue weighted by atomic mass is 10.1. The Morgan fingerprint density at radius 3 is 2.59 bits per heavy atom. The molecule has 1 unspecified atom stereocenters. The van der Waals surface area contributed by atoms with Gasteiger partial charge in [-0.15, -0.1) is 0 Å². The Hall–Kier alpha value is -3.49. The predicted octanol–water partition coefficient (Wildman–Crippen LogP) is 3.76. The van der Waals surface area contributed by atoms with Crippen molar-refractivity contribution in [3.8, 4) is 11.5 Å². The van der Waals surface area contributed by atoms with Crippen LogP contribution in [0.2, 0.25) is 0 Å². The van der Waals surface area contributed by atoms with E-state index in [-0.39, 0.29) is 18.0 Å². The second kappa shape index (κ2) is 11.1. The van der Waals surface area contributed by atoms with Crippen molar-refractivity contribution >= 4 is 24.0 Å². The highest BCUT2D eigenvalue weighted by atomic mass is 16.5. The van der Waals surface area contributed by atoms with Gasteiger partial charge < -0.3 is 20.1 Å². The molecule has 2 aliphatic rings. The number of hydrogen-bond acceptors (Lipinski definition) is 6. The molecule has 2 N–H and O–H groups in total. The van der Waals surface area contributed by atoms with E-state index in [9.17, 15) is 4.79 Å². The predicted molar refractivity (Wildman–Crippen MR) is 131 cm³/mol. The van der Waals surface area contributed by atoms with E-state index >= 15 is 0 Å². The number of ether oxygens (including phenoxy) is 2. The van der Waals surface area contributed by atoms with Crippen molar-refractivity contribution in [3.63, 3.8) is 0 Å². The van der Waals surface area contributed by atoms with Gasteiger partial charge in [0, 0.05) is 30.6 Å². The van der Waals surface area contributed by atoms with Gasteiger partial charge in [-0.05, 0) is 63.1 Å². The molecule has 1 aromatic carbocycles. The van der Waals surface area contributed by atoms with Crippen LogP contribution in [0.25, 0.3) is 0 Å². The third-order valence-electron chi connectivity index (χ3n) is 5.65. The number of rotatable bonds is 11. The standard InChI is InChI=1S/C25H32N6O3/c1-3-11-33-21-12-19(13-22(14-21)34-20-7-8-20)24(32)31(15-18-5-6-18)17(2)23(29-16-26)30-25-27-9-4-10-28-25/h4,9-10,12-14,16-18,20H,3,5-8,11,15H2,1-2H3,(H2,26,27,28,29,30). The Balaban J connectivity index is 1.64. The second-order valence-corrected chi connectivity index (χ2v) is 8.73. The number of benzene rings is 1. The summed E-state index contributed by atoms with van der Waals surface area (Å²) in [6.07, 6.45) is 9.75. The van der Waals surface area contributed by atoms with Crippen molar-refractivity contribution in [1.82, 2.24) is 14.9 Å². The van der Waals surface area contributed by atoms with Gasteiger partial charge in [0.15, 0.2) is 5.84 Å². The maximum Gasteiger partial charge on any atom is 0.254 e. The number of hydrogen-bond donors (Lipinski definition) is 1. The molecule has 0 radical (unpaired) electrons. The fraction of sp³-hybridized carbons (Fsp3) is 0.480. The van der Waals surface area contributed by atoms with Crippen LogP contribution in [0.1, 0.15) is 56.3 Å². The third kappa shape index (κ3) is 6.52. The molecule has 0 aliphatic heterocycles. The van der Waals surface area contributed by atoms with Gasteiger partial charge in [0.05, 0.1) is 25.1 Å². The van der Waals surface area contributed by atoms with Crippen LogP contribution in [-0.4, -0.2) is 58.2 Å². The van der Waals surface area contributed by atoms with Gasteiger partial charge in [0.1, 0.15) is 11.5 Å². The normalized spacial score (nSPS) is 16.9. The SMILES string of the molecule is CCCOc1cc(OC2CC2)cc(C(=O)N(CC2CC2)C(C)C(N=CN)=Nc2ncccn2)c1. The van der Waals surface area contributed by atoms with E-state index in [1.807, 2.05) is 19.9 Å². The van der Waals surface area contributed by atoms with E-state index in [1.165, 1.54) is 6.34 Å². The zero-order chi connectivity index (χ0) is 23.9. The fourth-order valence-electron chi connectivity index (χ4n) is 3.50. The second-order valence-electron chi connectivity index (χ2n) is 8.73. The van der Waals surface area contributed by atoms with Gasteiger partial charge in [-0.3, -0.25) is 4.79 Å². The Morgan fingerprint density at radius 2 is 1.94 bits per heavy atom. The maximum absolute atomic E-state index is 13.8. The highest BCUT2D eigenvalue weighted by molar-refractivity contribution is 6.01. The van der Waals surface area contributed by atoms with E-state index in [0.717, 1.165) is 32.1 Å². The van der Waals surface area contributed by atoms with E-state index in [2.05, 4.69) is 20.0 Å². The largest absolute Gasteiger partial charge is 0.493 e. The monoisotopic (exact) mass is 464 g/mol. The minimum Gasteiger partial charge on any atom is -0.493 e.